The van der Waals surface area contributed by atoms with Gasteiger partial charge in [0.05, 0.1) is 6.61 Å². The maximum atomic E-state index is 12.4. The topological polar surface area (TPSA) is 68.5 Å². The monoisotopic (exact) mass is 315 g/mol. The Hall–Kier alpha value is -2.56. The zero-order valence-corrected chi connectivity index (χ0v) is 13.4. The number of benzene rings is 1. The number of ether oxygens (including phenoxy) is 1. The Morgan fingerprint density at radius 2 is 1.87 bits per heavy atom. The quantitative estimate of drug-likeness (QED) is 0.798. The lowest BCUT2D eigenvalue weighted by atomic mass is 10.1. The Labute approximate surface area is 135 Å². The van der Waals surface area contributed by atoms with E-state index < -0.39 is 17.1 Å². The second-order valence-electron chi connectivity index (χ2n) is 5.85. The smallest absolute Gasteiger partial charge is 0.329 e. The van der Waals surface area contributed by atoms with Crippen LogP contribution in [0.5, 0.6) is 5.75 Å². The molecule has 0 bridgehead atoms. The molecule has 122 valence electrons. The van der Waals surface area contributed by atoms with E-state index in [2.05, 4.69) is 0 Å². The first kappa shape index (κ1) is 16.8. The Morgan fingerprint density at radius 3 is 2.52 bits per heavy atom. The Kier molecular flexibility index (Phi) is 5.21. The summed E-state index contributed by atoms with van der Waals surface area (Å²) in [6.45, 7) is 3.37. The zero-order chi connectivity index (χ0) is 16.9. The van der Waals surface area contributed by atoms with Gasteiger partial charge in [0.1, 0.15) is 5.54 Å². The first-order chi connectivity index (χ1) is 10.9. The van der Waals surface area contributed by atoms with Crippen molar-refractivity contribution in [2.45, 2.75) is 32.2 Å². The predicted molar refractivity (Wildman–Crippen MR) is 87.9 cm³/mol. The van der Waals surface area contributed by atoms with Crippen LogP contribution in [0.25, 0.3) is 0 Å². The van der Waals surface area contributed by atoms with Gasteiger partial charge in [0.15, 0.2) is 5.75 Å². The van der Waals surface area contributed by atoms with Crippen molar-refractivity contribution in [3.63, 3.8) is 0 Å². The van der Waals surface area contributed by atoms with Crippen molar-refractivity contribution in [2.24, 2.45) is 0 Å². The number of carboxylic acids is 1. The molecule has 0 radical (unpaired) electrons. The van der Waals surface area contributed by atoms with Gasteiger partial charge in [-0.1, -0.05) is 30.3 Å². The molecule has 23 heavy (non-hydrogen) atoms. The Morgan fingerprint density at radius 1 is 1.17 bits per heavy atom. The van der Waals surface area contributed by atoms with Gasteiger partial charge in [0.2, 0.25) is 0 Å². The van der Waals surface area contributed by atoms with E-state index >= 15 is 0 Å². The van der Waals surface area contributed by atoms with Crippen LogP contribution in [0.1, 0.15) is 25.8 Å². The number of aryl methyl sites for hydroxylation is 1. The van der Waals surface area contributed by atoms with Crippen molar-refractivity contribution in [3.8, 4) is 5.75 Å². The van der Waals surface area contributed by atoms with Crippen LogP contribution in [0, 0.1) is 0 Å². The molecule has 5 nitrogen and oxygen atoms in total. The maximum absolute atomic E-state index is 12.4. The lowest BCUT2D eigenvalue weighted by Crippen LogP contribution is -2.42. The fraction of sp³-hybridized carbons (Fsp3) is 0.333. The largest absolute Gasteiger partial charge is 0.488 e. The number of nitrogens with zero attached hydrogens (tertiary/aromatic N) is 1. The van der Waals surface area contributed by atoms with E-state index in [0.717, 1.165) is 12.8 Å². The summed E-state index contributed by atoms with van der Waals surface area (Å²) < 4.78 is 6.73. The van der Waals surface area contributed by atoms with Gasteiger partial charge >= 0.3 is 5.97 Å². The molecule has 0 amide bonds. The molecule has 1 N–H and O–H groups in total. The number of carbonyl (C=O) groups is 1. The second-order valence-corrected chi connectivity index (χ2v) is 5.85. The molecule has 1 heterocycles. The van der Waals surface area contributed by atoms with E-state index in [9.17, 15) is 14.7 Å². The summed E-state index contributed by atoms with van der Waals surface area (Å²) in [6, 6.07) is 13.2. The SMILES string of the molecule is CC(C)(C(=O)O)n1cccc(OCCCc2ccccc2)c1=O. The lowest BCUT2D eigenvalue weighted by Gasteiger charge is -2.22. The fourth-order valence-electron chi connectivity index (χ4n) is 2.23. The molecule has 0 aliphatic rings. The van der Waals surface area contributed by atoms with Crippen molar-refractivity contribution in [2.75, 3.05) is 6.61 Å². The normalized spacial score (nSPS) is 11.2. The Bertz CT molecular complexity index is 719. The van der Waals surface area contributed by atoms with E-state index in [-0.39, 0.29) is 5.75 Å². The van der Waals surface area contributed by atoms with Crippen LogP contribution in [0.4, 0.5) is 0 Å². The highest BCUT2D eigenvalue weighted by Gasteiger charge is 2.30. The molecule has 0 saturated carbocycles. The number of rotatable bonds is 7. The number of aliphatic carboxylic acids is 1. The Balaban J connectivity index is 2.01. The highest BCUT2D eigenvalue weighted by Crippen LogP contribution is 2.15. The standard InChI is InChI=1S/C18H21NO4/c1-18(2,17(21)22)19-12-6-11-15(16(19)20)23-13-7-10-14-8-4-3-5-9-14/h3-6,8-9,11-12H,7,10,13H2,1-2H3,(H,21,22). The number of carboxylic acid groups (broad SMARTS) is 1. The third-order valence-corrected chi connectivity index (χ3v) is 3.75. The molecule has 2 aromatic rings. The summed E-state index contributed by atoms with van der Waals surface area (Å²) in [5.41, 5.74) is -0.534. The minimum atomic E-state index is -1.32. The summed E-state index contributed by atoms with van der Waals surface area (Å²) in [4.78, 5) is 23.7. The summed E-state index contributed by atoms with van der Waals surface area (Å²) in [5, 5.41) is 9.25. The van der Waals surface area contributed by atoms with Crippen molar-refractivity contribution >= 4 is 5.97 Å². The number of pyridine rings is 1. The molecule has 5 heteroatoms. The molecule has 0 unspecified atom stereocenters. The van der Waals surface area contributed by atoms with E-state index in [0.29, 0.717) is 6.61 Å². The minimum Gasteiger partial charge on any atom is -0.488 e. The van der Waals surface area contributed by atoms with Gasteiger partial charge in [0, 0.05) is 6.20 Å². The number of hydrogen-bond donors (Lipinski definition) is 1. The molecule has 0 aliphatic carbocycles. The van der Waals surface area contributed by atoms with Gasteiger partial charge in [-0.15, -0.1) is 0 Å². The summed E-state index contributed by atoms with van der Waals surface area (Å²) in [5.74, 6) is -0.893. The van der Waals surface area contributed by atoms with Crippen LogP contribution in [0.15, 0.2) is 53.5 Å². The zero-order valence-electron chi connectivity index (χ0n) is 13.4. The van der Waals surface area contributed by atoms with E-state index in [1.165, 1.54) is 30.2 Å². The highest BCUT2D eigenvalue weighted by atomic mass is 16.5. The van der Waals surface area contributed by atoms with Crippen molar-refractivity contribution in [3.05, 3.63) is 64.6 Å². The van der Waals surface area contributed by atoms with E-state index in [1.54, 1.807) is 12.1 Å². The number of hydrogen-bond acceptors (Lipinski definition) is 3. The third-order valence-electron chi connectivity index (χ3n) is 3.75. The maximum Gasteiger partial charge on any atom is 0.329 e. The van der Waals surface area contributed by atoms with Crippen molar-refractivity contribution < 1.29 is 14.6 Å². The van der Waals surface area contributed by atoms with Crippen LogP contribution in [-0.2, 0) is 16.8 Å². The van der Waals surface area contributed by atoms with Crippen LogP contribution in [0.2, 0.25) is 0 Å². The molecule has 0 fully saturated rings. The molecular formula is C18H21NO4. The predicted octanol–water partition coefficient (Wildman–Crippen LogP) is 2.68. The fourth-order valence-corrected chi connectivity index (χ4v) is 2.23. The molecule has 1 aromatic heterocycles. The van der Waals surface area contributed by atoms with Crippen LogP contribution < -0.4 is 10.3 Å². The molecule has 1 aromatic carbocycles. The van der Waals surface area contributed by atoms with Gasteiger partial charge in [-0.3, -0.25) is 9.36 Å². The average molecular weight is 315 g/mol. The summed E-state index contributed by atoms with van der Waals surface area (Å²) in [6.07, 6.45) is 3.11. The van der Waals surface area contributed by atoms with E-state index in [4.69, 9.17) is 4.74 Å². The molecule has 0 aliphatic heterocycles. The van der Waals surface area contributed by atoms with Crippen LogP contribution >= 0.6 is 0 Å². The molecular weight excluding hydrogens is 294 g/mol. The minimum absolute atomic E-state index is 0.176. The first-order valence-electron chi connectivity index (χ1n) is 7.55. The van der Waals surface area contributed by atoms with Gasteiger partial charge in [-0.05, 0) is 44.4 Å². The summed E-state index contributed by atoms with van der Waals surface area (Å²) in [7, 11) is 0. The van der Waals surface area contributed by atoms with Gasteiger partial charge in [0.25, 0.3) is 5.56 Å². The van der Waals surface area contributed by atoms with Gasteiger partial charge in [-0.2, -0.15) is 0 Å². The van der Waals surface area contributed by atoms with E-state index in [1.807, 2.05) is 30.3 Å². The van der Waals surface area contributed by atoms with Crippen molar-refractivity contribution in [1.82, 2.24) is 4.57 Å². The van der Waals surface area contributed by atoms with Gasteiger partial charge < -0.3 is 9.84 Å². The molecule has 0 spiro atoms. The first-order valence-corrected chi connectivity index (χ1v) is 7.55. The average Bonchev–Trinajstić information content (AvgIpc) is 2.53. The lowest BCUT2D eigenvalue weighted by molar-refractivity contribution is -0.145. The second kappa shape index (κ2) is 7.13. The molecule has 0 atom stereocenters. The van der Waals surface area contributed by atoms with Crippen LogP contribution in [0.3, 0.4) is 0 Å². The summed E-state index contributed by atoms with van der Waals surface area (Å²) >= 11 is 0. The third kappa shape index (κ3) is 4.00. The molecule has 0 saturated heterocycles. The van der Waals surface area contributed by atoms with Gasteiger partial charge in [-0.25, -0.2) is 4.79 Å². The highest BCUT2D eigenvalue weighted by molar-refractivity contribution is 5.75. The van der Waals surface area contributed by atoms with Crippen molar-refractivity contribution in [1.29, 1.82) is 0 Å². The number of aromatic nitrogens is 1. The van der Waals surface area contributed by atoms with Crippen LogP contribution in [-0.4, -0.2) is 22.2 Å². The molecule has 2 rings (SSSR count).